The van der Waals surface area contributed by atoms with E-state index in [1.54, 1.807) is 0 Å². The molecular formula is C16H23ClN2O. The molecule has 3 nitrogen and oxygen atoms in total. The molecule has 1 aromatic rings. The number of fused-ring (bicyclic) bond motifs is 1. The first-order valence-corrected chi connectivity index (χ1v) is 7.86. The number of rotatable bonds is 7. The minimum atomic E-state index is 0.158. The van der Waals surface area contributed by atoms with Crippen LogP contribution in [0, 0.1) is 0 Å². The highest BCUT2D eigenvalue weighted by Crippen LogP contribution is 2.32. The van der Waals surface area contributed by atoms with E-state index in [-0.39, 0.29) is 11.9 Å². The fourth-order valence-electron chi connectivity index (χ4n) is 2.79. The van der Waals surface area contributed by atoms with Crippen LogP contribution in [-0.2, 0) is 11.2 Å². The van der Waals surface area contributed by atoms with Gasteiger partial charge >= 0.3 is 0 Å². The lowest BCUT2D eigenvalue weighted by Crippen LogP contribution is -2.26. The van der Waals surface area contributed by atoms with E-state index in [0.29, 0.717) is 6.42 Å². The topological polar surface area (TPSA) is 55.1 Å². The van der Waals surface area contributed by atoms with Crippen LogP contribution in [0.15, 0.2) is 18.2 Å². The Hall–Kier alpha value is -1.06. The number of benzene rings is 1. The molecular weight excluding hydrogens is 272 g/mol. The maximum absolute atomic E-state index is 11.9. The van der Waals surface area contributed by atoms with E-state index in [1.165, 1.54) is 11.1 Å². The number of amides is 1. The molecule has 0 saturated carbocycles. The number of aryl methyl sites for hydroxylation is 1. The van der Waals surface area contributed by atoms with Crippen LogP contribution in [-0.4, -0.2) is 12.5 Å². The van der Waals surface area contributed by atoms with Crippen LogP contribution in [0.2, 0.25) is 5.02 Å². The van der Waals surface area contributed by atoms with Crippen LogP contribution in [0.25, 0.3) is 0 Å². The van der Waals surface area contributed by atoms with Crippen molar-refractivity contribution in [2.75, 3.05) is 6.54 Å². The van der Waals surface area contributed by atoms with Crippen molar-refractivity contribution < 1.29 is 4.79 Å². The van der Waals surface area contributed by atoms with E-state index in [4.69, 9.17) is 17.3 Å². The molecule has 110 valence electrons. The summed E-state index contributed by atoms with van der Waals surface area (Å²) in [5.41, 5.74) is 7.94. The van der Waals surface area contributed by atoms with E-state index in [1.807, 2.05) is 18.2 Å². The summed E-state index contributed by atoms with van der Waals surface area (Å²) in [5, 5.41) is 3.91. The summed E-state index contributed by atoms with van der Waals surface area (Å²) in [6, 6.07) is 6.11. The maximum atomic E-state index is 11.9. The number of carbonyl (C=O) groups is 1. The molecule has 20 heavy (non-hydrogen) atoms. The predicted molar refractivity (Wildman–Crippen MR) is 82.8 cm³/mol. The van der Waals surface area contributed by atoms with Crippen molar-refractivity contribution >= 4 is 17.5 Å². The molecule has 3 N–H and O–H groups in total. The fourth-order valence-corrected chi connectivity index (χ4v) is 2.98. The van der Waals surface area contributed by atoms with Crippen molar-refractivity contribution in [2.45, 2.75) is 51.0 Å². The molecule has 1 unspecified atom stereocenters. The first-order valence-electron chi connectivity index (χ1n) is 7.48. The SMILES string of the molecule is NCCCCCCC(=O)NC1CCc2cc(Cl)ccc21. The Bertz CT molecular complexity index is 462. The molecule has 4 heteroatoms. The molecule has 0 aromatic heterocycles. The van der Waals surface area contributed by atoms with Crippen LogP contribution < -0.4 is 11.1 Å². The van der Waals surface area contributed by atoms with Crippen LogP contribution in [0.4, 0.5) is 0 Å². The number of nitrogens with two attached hydrogens (primary N) is 1. The third kappa shape index (κ3) is 4.22. The largest absolute Gasteiger partial charge is 0.349 e. The minimum absolute atomic E-state index is 0.158. The Kier molecular flexibility index (Phi) is 5.86. The van der Waals surface area contributed by atoms with Gasteiger partial charge < -0.3 is 11.1 Å². The van der Waals surface area contributed by atoms with Gasteiger partial charge in [0.05, 0.1) is 6.04 Å². The first-order chi connectivity index (χ1) is 9.70. The van der Waals surface area contributed by atoms with Crippen LogP contribution >= 0.6 is 11.6 Å². The van der Waals surface area contributed by atoms with Gasteiger partial charge in [0, 0.05) is 11.4 Å². The lowest BCUT2D eigenvalue weighted by atomic mass is 10.1. The van der Waals surface area contributed by atoms with Gasteiger partial charge in [-0.1, -0.05) is 30.5 Å². The highest BCUT2D eigenvalue weighted by atomic mass is 35.5. The quantitative estimate of drug-likeness (QED) is 0.758. The zero-order chi connectivity index (χ0) is 14.4. The van der Waals surface area contributed by atoms with Crippen molar-refractivity contribution in [1.29, 1.82) is 0 Å². The molecule has 0 saturated heterocycles. The summed E-state index contributed by atoms with van der Waals surface area (Å²) in [6.45, 7) is 0.744. The summed E-state index contributed by atoms with van der Waals surface area (Å²) in [6.07, 6.45) is 6.80. The second-order valence-electron chi connectivity index (χ2n) is 5.45. The molecule has 1 aliphatic rings. The van der Waals surface area contributed by atoms with Gasteiger partial charge in [0.25, 0.3) is 0 Å². The number of hydrogen-bond donors (Lipinski definition) is 2. The Morgan fingerprint density at radius 2 is 2.10 bits per heavy atom. The van der Waals surface area contributed by atoms with Crippen LogP contribution in [0.3, 0.4) is 0 Å². The lowest BCUT2D eigenvalue weighted by Gasteiger charge is -2.14. The van der Waals surface area contributed by atoms with Crippen LogP contribution in [0.5, 0.6) is 0 Å². The van der Waals surface area contributed by atoms with Gasteiger partial charge in [-0.15, -0.1) is 0 Å². The van der Waals surface area contributed by atoms with Crippen molar-refractivity contribution in [3.63, 3.8) is 0 Å². The number of unbranched alkanes of at least 4 members (excludes halogenated alkanes) is 3. The average molecular weight is 295 g/mol. The number of nitrogens with one attached hydrogen (secondary N) is 1. The molecule has 1 amide bonds. The molecule has 2 rings (SSSR count). The molecule has 0 bridgehead atoms. The van der Waals surface area contributed by atoms with E-state index in [2.05, 4.69) is 5.32 Å². The van der Waals surface area contributed by atoms with Gasteiger partial charge in [0.2, 0.25) is 5.91 Å². The van der Waals surface area contributed by atoms with Gasteiger partial charge in [-0.25, -0.2) is 0 Å². The Morgan fingerprint density at radius 3 is 2.90 bits per heavy atom. The lowest BCUT2D eigenvalue weighted by molar-refractivity contribution is -0.121. The Morgan fingerprint density at radius 1 is 1.30 bits per heavy atom. The Labute approximate surface area is 125 Å². The molecule has 0 fully saturated rings. The normalized spacial score (nSPS) is 17.0. The zero-order valence-corrected chi connectivity index (χ0v) is 12.6. The molecule has 0 radical (unpaired) electrons. The predicted octanol–water partition coefficient (Wildman–Crippen LogP) is 3.35. The smallest absolute Gasteiger partial charge is 0.220 e. The maximum Gasteiger partial charge on any atom is 0.220 e. The number of carbonyl (C=O) groups excluding carboxylic acids is 1. The van der Waals surface area contributed by atoms with Crippen LogP contribution in [0.1, 0.15) is 55.7 Å². The monoisotopic (exact) mass is 294 g/mol. The summed E-state index contributed by atoms with van der Waals surface area (Å²) >= 11 is 5.99. The summed E-state index contributed by atoms with van der Waals surface area (Å²) in [7, 11) is 0. The third-order valence-corrected chi connectivity index (χ3v) is 4.11. The third-order valence-electron chi connectivity index (χ3n) is 3.88. The standard InChI is InChI=1S/C16H23ClN2O/c17-13-7-8-14-12(11-13)6-9-15(14)19-16(20)5-3-1-2-4-10-18/h7-8,11,15H,1-6,9-10,18H2,(H,19,20). The van der Waals surface area contributed by atoms with Crippen molar-refractivity contribution in [3.8, 4) is 0 Å². The molecule has 0 spiro atoms. The summed E-state index contributed by atoms with van der Waals surface area (Å²) in [5.74, 6) is 0.158. The van der Waals surface area contributed by atoms with Crippen molar-refractivity contribution in [1.82, 2.24) is 5.32 Å². The summed E-state index contributed by atoms with van der Waals surface area (Å²) < 4.78 is 0. The summed E-state index contributed by atoms with van der Waals surface area (Å²) in [4.78, 5) is 11.9. The molecule has 1 atom stereocenters. The second-order valence-corrected chi connectivity index (χ2v) is 5.89. The van der Waals surface area contributed by atoms with Gasteiger partial charge in [-0.2, -0.15) is 0 Å². The van der Waals surface area contributed by atoms with Gasteiger partial charge in [0.15, 0.2) is 0 Å². The van der Waals surface area contributed by atoms with E-state index < -0.39 is 0 Å². The van der Waals surface area contributed by atoms with Gasteiger partial charge in [-0.05, 0) is 55.5 Å². The van der Waals surface area contributed by atoms with E-state index >= 15 is 0 Å². The second kappa shape index (κ2) is 7.65. The molecule has 1 aliphatic carbocycles. The number of halogens is 1. The fraction of sp³-hybridized carbons (Fsp3) is 0.562. The van der Waals surface area contributed by atoms with Crippen molar-refractivity contribution in [3.05, 3.63) is 34.3 Å². The molecule has 0 heterocycles. The van der Waals surface area contributed by atoms with Crippen molar-refractivity contribution in [2.24, 2.45) is 5.73 Å². The van der Waals surface area contributed by atoms with E-state index in [9.17, 15) is 4.79 Å². The first kappa shape index (κ1) is 15.3. The Balaban J connectivity index is 1.76. The van der Waals surface area contributed by atoms with Gasteiger partial charge in [0.1, 0.15) is 0 Å². The van der Waals surface area contributed by atoms with Gasteiger partial charge in [-0.3, -0.25) is 4.79 Å². The highest BCUT2D eigenvalue weighted by molar-refractivity contribution is 6.30. The molecule has 1 aromatic carbocycles. The zero-order valence-electron chi connectivity index (χ0n) is 11.8. The van der Waals surface area contributed by atoms with E-state index in [0.717, 1.165) is 50.1 Å². The highest BCUT2D eigenvalue weighted by Gasteiger charge is 2.23. The molecule has 0 aliphatic heterocycles. The number of hydrogen-bond acceptors (Lipinski definition) is 2. The minimum Gasteiger partial charge on any atom is -0.349 e. The average Bonchev–Trinajstić information content (AvgIpc) is 2.81.